The standard InChI is InChI=1S/C22H20N4O2S/c1-2-29(27,28)26-12-11-16-13-17(8-10-21(16)26)22-18(14-23-25-22)20-9-7-15-5-3-4-6-19(15)24-20/h3-13,23-24H,2,14H2,1H3. The van der Waals surface area contributed by atoms with E-state index in [0.717, 1.165) is 39.2 Å². The molecule has 2 aliphatic heterocycles. The zero-order valence-electron chi connectivity index (χ0n) is 15.9. The Morgan fingerprint density at radius 2 is 1.97 bits per heavy atom. The molecule has 0 fully saturated rings. The second-order valence-corrected chi connectivity index (χ2v) is 9.15. The van der Waals surface area contributed by atoms with Crippen LogP contribution in [0.5, 0.6) is 0 Å². The lowest BCUT2D eigenvalue weighted by Gasteiger charge is -2.18. The number of fused-ring (bicyclic) bond motifs is 2. The van der Waals surface area contributed by atoms with Crippen LogP contribution >= 0.6 is 0 Å². The van der Waals surface area contributed by atoms with E-state index in [0.29, 0.717) is 12.1 Å². The Morgan fingerprint density at radius 3 is 2.83 bits per heavy atom. The summed E-state index contributed by atoms with van der Waals surface area (Å²) in [4.78, 5) is 0. The molecule has 0 unspecified atom stereocenters. The summed E-state index contributed by atoms with van der Waals surface area (Å²) in [5.41, 5.74) is 9.90. The minimum absolute atomic E-state index is 0.0604. The topological polar surface area (TPSA) is 75.5 Å². The predicted octanol–water partition coefficient (Wildman–Crippen LogP) is 3.54. The number of hydrogen-bond acceptors (Lipinski definition) is 5. The van der Waals surface area contributed by atoms with Crippen molar-refractivity contribution in [3.05, 3.63) is 83.2 Å². The molecule has 0 bridgehead atoms. The minimum Gasteiger partial charge on any atom is -0.355 e. The van der Waals surface area contributed by atoms with E-state index in [4.69, 9.17) is 0 Å². The minimum atomic E-state index is -3.32. The van der Waals surface area contributed by atoms with Gasteiger partial charge in [0.05, 0.1) is 23.5 Å². The maximum absolute atomic E-state index is 12.3. The van der Waals surface area contributed by atoms with Gasteiger partial charge in [-0.3, -0.25) is 0 Å². The molecule has 29 heavy (non-hydrogen) atoms. The number of para-hydroxylation sites is 1. The smallest absolute Gasteiger partial charge is 0.238 e. The third kappa shape index (κ3) is 2.94. The molecule has 3 heterocycles. The summed E-state index contributed by atoms with van der Waals surface area (Å²) in [6.07, 6.45) is 5.79. The summed E-state index contributed by atoms with van der Waals surface area (Å²) in [5, 5.41) is 8.87. The highest BCUT2D eigenvalue weighted by atomic mass is 32.2. The first-order valence-electron chi connectivity index (χ1n) is 9.50. The molecule has 0 saturated carbocycles. The van der Waals surface area contributed by atoms with Crippen molar-refractivity contribution in [2.75, 3.05) is 17.6 Å². The first-order chi connectivity index (χ1) is 14.1. The zero-order valence-corrected chi connectivity index (χ0v) is 16.7. The van der Waals surface area contributed by atoms with Crippen LogP contribution in [0.1, 0.15) is 18.1 Å². The molecule has 0 amide bonds. The third-order valence-corrected chi connectivity index (χ3v) is 6.96. The highest BCUT2D eigenvalue weighted by Crippen LogP contribution is 2.29. The Kier molecular flexibility index (Phi) is 4.06. The van der Waals surface area contributed by atoms with E-state index in [9.17, 15) is 8.42 Å². The second kappa shape index (κ2) is 6.63. The molecule has 2 N–H and O–H groups in total. The number of aromatic nitrogens is 1. The van der Waals surface area contributed by atoms with Crippen LogP contribution in [-0.2, 0) is 10.0 Å². The zero-order chi connectivity index (χ0) is 20.0. The Labute approximate surface area is 169 Å². The molecule has 0 aliphatic carbocycles. The van der Waals surface area contributed by atoms with E-state index < -0.39 is 10.0 Å². The van der Waals surface area contributed by atoms with Gasteiger partial charge in [0, 0.05) is 34.1 Å². The molecule has 1 aromatic heterocycles. The number of benzene rings is 2. The summed E-state index contributed by atoms with van der Waals surface area (Å²) in [6.45, 7) is 2.28. The summed E-state index contributed by atoms with van der Waals surface area (Å²) < 4.78 is 25.9. The van der Waals surface area contributed by atoms with E-state index in [1.54, 1.807) is 13.1 Å². The number of rotatable bonds is 3. The van der Waals surface area contributed by atoms with Crippen LogP contribution in [0.3, 0.4) is 0 Å². The molecule has 3 aromatic rings. The van der Waals surface area contributed by atoms with Crippen molar-refractivity contribution >= 4 is 38.4 Å². The maximum Gasteiger partial charge on any atom is 0.238 e. The molecule has 2 aliphatic rings. The van der Waals surface area contributed by atoms with Crippen LogP contribution in [0.4, 0.5) is 5.69 Å². The van der Waals surface area contributed by atoms with Gasteiger partial charge in [0.25, 0.3) is 0 Å². The van der Waals surface area contributed by atoms with Crippen molar-refractivity contribution < 1.29 is 8.42 Å². The number of allylic oxidation sites excluding steroid dienone is 1. The molecular formula is C22H20N4O2S. The van der Waals surface area contributed by atoms with Gasteiger partial charge in [-0.05, 0) is 42.8 Å². The highest BCUT2D eigenvalue weighted by Gasteiger charge is 2.22. The fourth-order valence-electron chi connectivity index (χ4n) is 3.75. The van der Waals surface area contributed by atoms with Crippen LogP contribution in [-0.4, -0.2) is 30.4 Å². The average Bonchev–Trinajstić information content (AvgIpc) is 3.40. The molecular weight excluding hydrogens is 384 g/mol. The molecule has 7 heteroatoms. The van der Waals surface area contributed by atoms with Gasteiger partial charge in [-0.25, -0.2) is 12.4 Å². The van der Waals surface area contributed by atoms with Gasteiger partial charge in [0.15, 0.2) is 0 Å². The van der Waals surface area contributed by atoms with Gasteiger partial charge < -0.3 is 10.7 Å². The van der Waals surface area contributed by atoms with Crippen molar-refractivity contribution in [1.29, 1.82) is 0 Å². The highest BCUT2D eigenvalue weighted by molar-refractivity contribution is 7.90. The van der Waals surface area contributed by atoms with Crippen molar-refractivity contribution in [1.82, 2.24) is 9.40 Å². The van der Waals surface area contributed by atoms with Crippen molar-refractivity contribution in [2.24, 2.45) is 5.10 Å². The van der Waals surface area contributed by atoms with E-state index in [-0.39, 0.29) is 5.75 Å². The summed E-state index contributed by atoms with van der Waals surface area (Å²) in [7, 11) is -3.32. The van der Waals surface area contributed by atoms with E-state index in [2.05, 4.69) is 40.1 Å². The molecule has 2 aromatic carbocycles. The number of hydrogen-bond donors (Lipinski definition) is 2. The van der Waals surface area contributed by atoms with Crippen molar-refractivity contribution in [3.63, 3.8) is 0 Å². The Balaban J connectivity index is 1.55. The van der Waals surface area contributed by atoms with Crippen LogP contribution < -0.4 is 10.7 Å². The van der Waals surface area contributed by atoms with Crippen LogP contribution in [0.25, 0.3) is 17.0 Å². The predicted molar refractivity (Wildman–Crippen MR) is 117 cm³/mol. The molecule has 146 valence electrons. The maximum atomic E-state index is 12.3. The largest absolute Gasteiger partial charge is 0.355 e. The van der Waals surface area contributed by atoms with Gasteiger partial charge >= 0.3 is 0 Å². The third-order valence-electron chi connectivity index (χ3n) is 5.31. The Hall–Kier alpha value is -3.32. The normalized spacial score (nSPS) is 18.3. The van der Waals surface area contributed by atoms with Gasteiger partial charge in [-0.2, -0.15) is 5.10 Å². The van der Waals surface area contributed by atoms with Crippen LogP contribution in [0, 0.1) is 0 Å². The van der Waals surface area contributed by atoms with Gasteiger partial charge in [0.1, 0.15) is 0 Å². The van der Waals surface area contributed by atoms with Gasteiger partial charge in [-0.15, -0.1) is 0 Å². The van der Waals surface area contributed by atoms with Crippen LogP contribution in [0.15, 0.2) is 77.2 Å². The van der Waals surface area contributed by atoms with Gasteiger partial charge in [-0.1, -0.05) is 30.3 Å². The number of anilines is 1. The lowest BCUT2D eigenvalue weighted by Crippen LogP contribution is -2.14. The summed E-state index contributed by atoms with van der Waals surface area (Å²) >= 11 is 0. The van der Waals surface area contributed by atoms with Crippen LogP contribution in [0.2, 0.25) is 0 Å². The second-order valence-electron chi connectivity index (χ2n) is 7.02. The fraction of sp³-hybridized carbons (Fsp3) is 0.136. The van der Waals surface area contributed by atoms with E-state index in [1.807, 2.05) is 36.4 Å². The molecule has 0 radical (unpaired) electrons. The monoisotopic (exact) mass is 404 g/mol. The van der Waals surface area contributed by atoms with Gasteiger partial charge in [0.2, 0.25) is 10.0 Å². The lowest BCUT2D eigenvalue weighted by molar-refractivity contribution is 0.590. The molecule has 5 rings (SSSR count). The van der Waals surface area contributed by atoms with Crippen molar-refractivity contribution in [2.45, 2.75) is 6.92 Å². The summed E-state index contributed by atoms with van der Waals surface area (Å²) in [5.74, 6) is 0.0604. The summed E-state index contributed by atoms with van der Waals surface area (Å²) in [6, 6.07) is 15.8. The van der Waals surface area contributed by atoms with Crippen molar-refractivity contribution in [3.8, 4) is 0 Å². The number of nitrogens with one attached hydrogen (secondary N) is 2. The quantitative estimate of drug-likeness (QED) is 0.700. The molecule has 6 nitrogen and oxygen atoms in total. The Bertz CT molecular complexity index is 1330. The first-order valence-corrected chi connectivity index (χ1v) is 11.1. The lowest BCUT2D eigenvalue weighted by atomic mass is 9.98. The van der Waals surface area contributed by atoms with E-state index >= 15 is 0 Å². The Morgan fingerprint density at radius 1 is 1.10 bits per heavy atom. The SMILES string of the molecule is CCS(=O)(=O)n1ccc2cc(C3=NNCC3=C3C=Cc4ccccc4N3)ccc21. The molecule has 0 atom stereocenters. The average molecular weight is 404 g/mol. The number of hydrazone groups is 1. The number of nitrogens with zero attached hydrogens (tertiary/aromatic N) is 2. The fourth-order valence-corrected chi connectivity index (χ4v) is 4.74. The van der Waals surface area contributed by atoms with E-state index in [1.165, 1.54) is 3.97 Å². The molecule has 0 spiro atoms. The molecule has 0 saturated heterocycles. The first kappa shape index (κ1) is 17.8.